The van der Waals surface area contributed by atoms with Crippen LogP contribution in [-0.2, 0) is 0 Å². The van der Waals surface area contributed by atoms with E-state index in [0.717, 1.165) is 6.20 Å². The van der Waals surface area contributed by atoms with Gasteiger partial charge in [0.15, 0.2) is 0 Å². The van der Waals surface area contributed by atoms with E-state index in [1.54, 1.807) is 0 Å². The number of rotatable bonds is 0. The molecule has 0 aliphatic rings. The Morgan fingerprint density at radius 2 is 2.20 bits per heavy atom. The van der Waals surface area contributed by atoms with Gasteiger partial charge in [-0.25, -0.2) is 4.39 Å². The molecule has 0 saturated carbocycles. The van der Waals surface area contributed by atoms with Crippen molar-refractivity contribution in [1.29, 1.82) is 0 Å². The molecule has 30 valence electrons. The third-order valence-electron chi connectivity index (χ3n) is 0.230. The molecule has 0 aliphatic heterocycles. The van der Waals surface area contributed by atoms with Crippen molar-refractivity contribution in [3.63, 3.8) is 0 Å². The largest absolute Gasteiger partial charge is 0.403 e. The lowest BCUT2D eigenvalue weighted by atomic mass is 10.7. The Kier molecular flexibility index (Phi) is 1.57. The van der Waals surface area contributed by atoms with Crippen molar-refractivity contribution in [3.05, 3.63) is 12.0 Å². The van der Waals surface area contributed by atoms with E-state index in [9.17, 15) is 4.39 Å². The first-order valence-electron chi connectivity index (χ1n) is 1.31. The van der Waals surface area contributed by atoms with E-state index in [1.165, 1.54) is 6.92 Å². The smallest absolute Gasteiger partial charge is 0.112 e. The standard InChI is InChI=1S/C3H6FN/c1-3(4)2-5/h2H,5H2,1H3/b3-2+. The van der Waals surface area contributed by atoms with Crippen LogP contribution in [0.15, 0.2) is 12.0 Å². The molecule has 0 unspecified atom stereocenters. The SMILES string of the molecule is C/C(F)=C\N. The second-order valence-corrected chi connectivity index (χ2v) is 0.753. The molecule has 0 rings (SSSR count). The predicted molar refractivity (Wildman–Crippen MR) is 19.1 cm³/mol. The molecule has 0 fully saturated rings. The topological polar surface area (TPSA) is 26.0 Å². The van der Waals surface area contributed by atoms with Crippen LogP contribution >= 0.6 is 0 Å². The summed E-state index contributed by atoms with van der Waals surface area (Å²) in [5, 5.41) is 0. The summed E-state index contributed by atoms with van der Waals surface area (Å²) < 4.78 is 11.2. The number of nitrogens with two attached hydrogens (primary N) is 1. The minimum absolute atomic E-state index is 0.343. The second kappa shape index (κ2) is 1.76. The molecule has 0 radical (unpaired) electrons. The molecule has 2 N–H and O–H groups in total. The van der Waals surface area contributed by atoms with Gasteiger partial charge in [-0.05, 0) is 6.92 Å². The lowest BCUT2D eigenvalue weighted by molar-refractivity contribution is 0.637. The van der Waals surface area contributed by atoms with Crippen LogP contribution in [0.3, 0.4) is 0 Å². The van der Waals surface area contributed by atoms with Crippen LogP contribution < -0.4 is 5.73 Å². The fourth-order valence-corrected chi connectivity index (χ4v) is 0. The number of allylic oxidation sites excluding steroid dienone is 1. The van der Waals surface area contributed by atoms with Crippen molar-refractivity contribution < 1.29 is 4.39 Å². The maximum absolute atomic E-state index is 11.2. The summed E-state index contributed by atoms with van der Waals surface area (Å²) in [5.41, 5.74) is 4.63. The third kappa shape index (κ3) is 3.47. The fraction of sp³-hybridized carbons (Fsp3) is 0.333. The van der Waals surface area contributed by atoms with Gasteiger partial charge >= 0.3 is 0 Å². The van der Waals surface area contributed by atoms with Crippen molar-refractivity contribution in [2.45, 2.75) is 6.92 Å². The van der Waals surface area contributed by atoms with Crippen molar-refractivity contribution in [2.75, 3.05) is 0 Å². The molecule has 1 nitrogen and oxygen atoms in total. The van der Waals surface area contributed by atoms with Crippen LogP contribution in [-0.4, -0.2) is 0 Å². The maximum Gasteiger partial charge on any atom is 0.112 e. The van der Waals surface area contributed by atoms with Crippen molar-refractivity contribution in [2.24, 2.45) is 5.73 Å². The van der Waals surface area contributed by atoms with Crippen LogP contribution in [0.4, 0.5) is 4.39 Å². The number of halogens is 1. The van der Waals surface area contributed by atoms with Gasteiger partial charge in [0, 0.05) is 6.20 Å². The van der Waals surface area contributed by atoms with Crippen molar-refractivity contribution in [1.82, 2.24) is 0 Å². The van der Waals surface area contributed by atoms with E-state index in [0.29, 0.717) is 0 Å². The third-order valence-corrected chi connectivity index (χ3v) is 0.230. The Balaban J connectivity index is 3.14. The fourth-order valence-electron chi connectivity index (χ4n) is 0. The summed E-state index contributed by atoms with van der Waals surface area (Å²) in [6, 6.07) is 0. The molecular formula is C3H6FN. The highest BCUT2D eigenvalue weighted by Gasteiger charge is 1.67. The van der Waals surface area contributed by atoms with E-state index in [-0.39, 0.29) is 5.83 Å². The molecule has 0 aromatic carbocycles. The molecule has 0 aromatic rings. The van der Waals surface area contributed by atoms with Crippen molar-refractivity contribution in [3.8, 4) is 0 Å². The molecule has 5 heavy (non-hydrogen) atoms. The van der Waals surface area contributed by atoms with Gasteiger partial charge < -0.3 is 5.73 Å². The first-order chi connectivity index (χ1) is 2.27. The van der Waals surface area contributed by atoms with E-state index in [1.807, 2.05) is 0 Å². The van der Waals surface area contributed by atoms with E-state index < -0.39 is 0 Å². The Hall–Kier alpha value is -0.530. The van der Waals surface area contributed by atoms with E-state index in [4.69, 9.17) is 0 Å². The molecule has 0 atom stereocenters. The van der Waals surface area contributed by atoms with Crippen LogP contribution in [0.5, 0.6) is 0 Å². The van der Waals surface area contributed by atoms with Gasteiger partial charge in [-0.3, -0.25) is 0 Å². The lowest BCUT2D eigenvalue weighted by Gasteiger charge is -1.69. The molecule has 0 amide bonds. The summed E-state index contributed by atoms with van der Waals surface area (Å²) in [4.78, 5) is 0. The Morgan fingerprint density at radius 3 is 2.20 bits per heavy atom. The monoisotopic (exact) mass is 75.0 g/mol. The van der Waals surface area contributed by atoms with Gasteiger partial charge in [-0.15, -0.1) is 0 Å². The van der Waals surface area contributed by atoms with Gasteiger partial charge in [-0.1, -0.05) is 0 Å². The molecule has 0 aromatic heterocycles. The minimum Gasteiger partial charge on any atom is -0.403 e. The molecule has 0 saturated heterocycles. The first kappa shape index (κ1) is 4.47. The van der Waals surface area contributed by atoms with Gasteiger partial charge in [0.05, 0.1) is 0 Å². The van der Waals surface area contributed by atoms with Gasteiger partial charge in [0.25, 0.3) is 0 Å². The molecule has 0 heterocycles. The van der Waals surface area contributed by atoms with Crippen LogP contribution in [0.1, 0.15) is 6.92 Å². The zero-order valence-electron chi connectivity index (χ0n) is 3.03. The van der Waals surface area contributed by atoms with Crippen molar-refractivity contribution >= 4 is 0 Å². The average Bonchev–Trinajstić information content (AvgIpc) is 1.38. The summed E-state index contributed by atoms with van der Waals surface area (Å²) in [5.74, 6) is -0.343. The first-order valence-corrected chi connectivity index (χ1v) is 1.31. The predicted octanol–water partition coefficient (Wildman–Crippen LogP) is 0.776. The highest BCUT2D eigenvalue weighted by Crippen LogP contribution is 1.83. The van der Waals surface area contributed by atoms with E-state index >= 15 is 0 Å². The van der Waals surface area contributed by atoms with Crippen LogP contribution in [0, 0.1) is 0 Å². The summed E-state index contributed by atoms with van der Waals surface area (Å²) in [7, 11) is 0. The normalized spacial score (nSPS) is 12.0. The zero-order valence-corrected chi connectivity index (χ0v) is 3.03. The summed E-state index contributed by atoms with van der Waals surface area (Å²) in [6.45, 7) is 1.29. The summed E-state index contributed by atoms with van der Waals surface area (Å²) in [6.07, 6.45) is 0.917. The van der Waals surface area contributed by atoms with Crippen LogP contribution in [0.25, 0.3) is 0 Å². The maximum atomic E-state index is 11.2. The zero-order chi connectivity index (χ0) is 4.28. The molecule has 0 spiro atoms. The summed E-state index contributed by atoms with van der Waals surface area (Å²) >= 11 is 0. The quantitative estimate of drug-likeness (QED) is 0.452. The van der Waals surface area contributed by atoms with Crippen LogP contribution in [0.2, 0.25) is 0 Å². The lowest BCUT2D eigenvalue weighted by Crippen LogP contribution is -1.75. The Morgan fingerprint density at radius 1 is 2.00 bits per heavy atom. The highest BCUT2D eigenvalue weighted by molar-refractivity contribution is 4.79. The molecule has 2 heteroatoms. The second-order valence-electron chi connectivity index (χ2n) is 0.753. The van der Waals surface area contributed by atoms with Gasteiger partial charge in [-0.2, -0.15) is 0 Å². The highest BCUT2D eigenvalue weighted by atomic mass is 19.1. The Labute approximate surface area is 30.3 Å². The minimum atomic E-state index is -0.343. The molecule has 0 aliphatic carbocycles. The molecular weight excluding hydrogens is 69.0 g/mol. The Bertz CT molecular complexity index is 44.9. The number of hydrogen-bond acceptors (Lipinski definition) is 1. The molecule has 0 bridgehead atoms. The van der Waals surface area contributed by atoms with E-state index in [2.05, 4.69) is 5.73 Å². The number of hydrogen-bond donors (Lipinski definition) is 1. The van der Waals surface area contributed by atoms with Gasteiger partial charge in [0.2, 0.25) is 0 Å². The van der Waals surface area contributed by atoms with Gasteiger partial charge in [0.1, 0.15) is 5.83 Å². The average molecular weight is 75.1 g/mol.